The molecule has 2 amide bonds. The number of piperazine rings is 1. The van der Waals surface area contributed by atoms with Crippen molar-refractivity contribution in [1.29, 1.82) is 0 Å². The van der Waals surface area contributed by atoms with Gasteiger partial charge in [0.2, 0.25) is 0 Å². The number of ether oxygens (including phenoxy) is 2. The highest BCUT2D eigenvalue weighted by Gasteiger charge is 2.22. The monoisotopic (exact) mass is 369 g/mol. The highest BCUT2D eigenvalue weighted by Crippen LogP contribution is 2.28. The lowest BCUT2D eigenvalue weighted by Gasteiger charge is -2.36. The molecule has 0 spiro atoms. The second-order valence-corrected chi connectivity index (χ2v) is 6.51. The predicted octanol–water partition coefficient (Wildman–Crippen LogP) is 2.87. The molecule has 0 atom stereocenters. The molecule has 1 aliphatic rings. The zero-order valence-corrected chi connectivity index (χ0v) is 16.0. The topological polar surface area (TPSA) is 54.0 Å². The summed E-state index contributed by atoms with van der Waals surface area (Å²) < 4.78 is 10.7. The van der Waals surface area contributed by atoms with Crippen molar-refractivity contribution in [3.05, 3.63) is 59.7 Å². The van der Waals surface area contributed by atoms with Gasteiger partial charge in [0.1, 0.15) is 5.75 Å². The van der Waals surface area contributed by atoms with E-state index in [2.05, 4.69) is 16.3 Å². The summed E-state index contributed by atoms with van der Waals surface area (Å²) in [6.45, 7) is 3.99. The molecule has 0 aliphatic carbocycles. The number of amides is 2. The second kappa shape index (κ2) is 9.28. The van der Waals surface area contributed by atoms with E-state index in [1.54, 1.807) is 14.2 Å². The van der Waals surface area contributed by atoms with E-state index in [-0.39, 0.29) is 6.03 Å². The van der Waals surface area contributed by atoms with Crippen molar-refractivity contribution < 1.29 is 14.3 Å². The minimum atomic E-state index is -0.0260. The SMILES string of the molecule is COCc1ccccc1CNC(=O)N1CCN(c2ccccc2OC)CC1. The van der Waals surface area contributed by atoms with Crippen LogP contribution in [0.1, 0.15) is 11.1 Å². The zero-order chi connectivity index (χ0) is 19.1. The van der Waals surface area contributed by atoms with Crippen molar-refractivity contribution in [1.82, 2.24) is 10.2 Å². The van der Waals surface area contributed by atoms with Gasteiger partial charge in [-0.15, -0.1) is 0 Å². The van der Waals surface area contributed by atoms with Gasteiger partial charge in [-0.25, -0.2) is 4.79 Å². The first-order valence-corrected chi connectivity index (χ1v) is 9.19. The predicted molar refractivity (Wildman–Crippen MR) is 106 cm³/mol. The van der Waals surface area contributed by atoms with E-state index in [0.717, 1.165) is 35.7 Å². The summed E-state index contributed by atoms with van der Waals surface area (Å²) in [5.74, 6) is 0.866. The standard InChI is InChI=1S/C21H27N3O3/c1-26-16-18-8-4-3-7-17(18)15-22-21(25)24-13-11-23(12-14-24)19-9-5-6-10-20(19)27-2/h3-10H,11-16H2,1-2H3,(H,22,25). The van der Waals surface area contributed by atoms with Gasteiger partial charge in [0.05, 0.1) is 19.4 Å². The van der Waals surface area contributed by atoms with Gasteiger partial charge in [-0.05, 0) is 23.3 Å². The van der Waals surface area contributed by atoms with Crippen LogP contribution in [0.4, 0.5) is 10.5 Å². The maximum Gasteiger partial charge on any atom is 0.317 e. The van der Waals surface area contributed by atoms with Crippen LogP contribution in [0.3, 0.4) is 0 Å². The largest absolute Gasteiger partial charge is 0.495 e. The fraction of sp³-hybridized carbons (Fsp3) is 0.381. The molecule has 0 saturated carbocycles. The Bertz CT molecular complexity index is 758. The molecule has 0 bridgehead atoms. The van der Waals surface area contributed by atoms with Gasteiger partial charge in [0.15, 0.2) is 0 Å². The van der Waals surface area contributed by atoms with Gasteiger partial charge >= 0.3 is 6.03 Å². The molecular formula is C21H27N3O3. The highest BCUT2D eigenvalue weighted by molar-refractivity contribution is 5.74. The molecule has 144 valence electrons. The first-order chi connectivity index (χ1) is 13.2. The van der Waals surface area contributed by atoms with Crippen LogP contribution in [0, 0.1) is 0 Å². The summed E-state index contributed by atoms with van der Waals surface area (Å²) >= 11 is 0. The molecule has 0 aromatic heterocycles. The third-order valence-corrected chi connectivity index (χ3v) is 4.84. The number of methoxy groups -OCH3 is 2. The quantitative estimate of drug-likeness (QED) is 0.851. The van der Waals surface area contributed by atoms with Crippen LogP contribution < -0.4 is 15.0 Å². The number of hydrogen-bond acceptors (Lipinski definition) is 4. The Labute approximate surface area is 160 Å². The third-order valence-electron chi connectivity index (χ3n) is 4.84. The average molecular weight is 369 g/mol. The molecule has 0 radical (unpaired) electrons. The van der Waals surface area contributed by atoms with Gasteiger partial charge in [0.25, 0.3) is 0 Å². The minimum absolute atomic E-state index is 0.0260. The van der Waals surface area contributed by atoms with E-state index in [4.69, 9.17) is 9.47 Å². The number of carbonyl (C=O) groups excluding carboxylic acids is 1. The Kier molecular flexibility index (Phi) is 6.54. The molecule has 6 heteroatoms. The van der Waals surface area contributed by atoms with E-state index < -0.39 is 0 Å². The number of nitrogens with zero attached hydrogens (tertiary/aromatic N) is 2. The summed E-state index contributed by atoms with van der Waals surface area (Å²) in [5.41, 5.74) is 3.26. The van der Waals surface area contributed by atoms with Crippen LogP contribution >= 0.6 is 0 Å². The molecule has 6 nitrogen and oxygen atoms in total. The molecule has 27 heavy (non-hydrogen) atoms. The minimum Gasteiger partial charge on any atom is -0.495 e. The summed E-state index contributed by atoms with van der Waals surface area (Å²) in [6.07, 6.45) is 0. The Balaban J connectivity index is 1.53. The molecule has 1 saturated heterocycles. The van der Waals surface area contributed by atoms with Gasteiger partial charge in [0, 0.05) is 39.8 Å². The number of urea groups is 1. The Morgan fingerprint density at radius 2 is 1.63 bits per heavy atom. The number of hydrogen-bond donors (Lipinski definition) is 1. The van der Waals surface area contributed by atoms with Gasteiger partial charge in [-0.3, -0.25) is 0 Å². The number of para-hydroxylation sites is 2. The van der Waals surface area contributed by atoms with Crippen molar-refractivity contribution in [3.8, 4) is 5.75 Å². The normalized spacial score (nSPS) is 14.1. The summed E-state index contributed by atoms with van der Waals surface area (Å²) in [7, 11) is 3.36. The van der Waals surface area contributed by atoms with E-state index in [0.29, 0.717) is 26.2 Å². The molecule has 1 fully saturated rings. The van der Waals surface area contributed by atoms with Crippen molar-refractivity contribution in [2.75, 3.05) is 45.3 Å². The van der Waals surface area contributed by atoms with E-state index in [1.807, 2.05) is 47.4 Å². The summed E-state index contributed by atoms with van der Waals surface area (Å²) in [4.78, 5) is 16.7. The average Bonchev–Trinajstić information content (AvgIpc) is 2.73. The van der Waals surface area contributed by atoms with Gasteiger partial charge in [-0.1, -0.05) is 36.4 Å². The summed E-state index contributed by atoms with van der Waals surface area (Å²) in [5, 5.41) is 3.03. The highest BCUT2D eigenvalue weighted by atomic mass is 16.5. The lowest BCUT2D eigenvalue weighted by molar-refractivity contribution is 0.183. The number of benzene rings is 2. The van der Waals surface area contributed by atoms with Crippen LogP contribution in [-0.4, -0.2) is 51.3 Å². The first-order valence-electron chi connectivity index (χ1n) is 9.19. The van der Waals surface area contributed by atoms with Crippen LogP contribution in [0.5, 0.6) is 5.75 Å². The number of carbonyl (C=O) groups is 1. The lowest BCUT2D eigenvalue weighted by Crippen LogP contribution is -2.51. The Morgan fingerprint density at radius 3 is 2.33 bits per heavy atom. The number of nitrogens with one attached hydrogen (secondary N) is 1. The van der Waals surface area contributed by atoms with Crippen molar-refractivity contribution in [3.63, 3.8) is 0 Å². The molecule has 2 aromatic rings. The summed E-state index contributed by atoms with van der Waals surface area (Å²) in [6, 6.07) is 16.0. The molecule has 1 heterocycles. The van der Waals surface area contributed by atoms with Crippen LogP contribution in [0.15, 0.2) is 48.5 Å². The third kappa shape index (κ3) is 4.71. The van der Waals surface area contributed by atoms with Crippen molar-refractivity contribution >= 4 is 11.7 Å². The first kappa shape index (κ1) is 19.0. The Morgan fingerprint density at radius 1 is 0.963 bits per heavy atom. The van der Waals surface area contributed by atoms with Crippen LogP contribution in [0.25, 0.3) is 0 Å². The molecule has 2 aromatic carbocycles. The van der Waals surface area contributed by atoms with Crippen LogP contribution in [-0.2, 0) is 17.9 Å². The number of anilines is 1. The van der Waals surface area contributed by atoms with Gasteiger partial charge in [-0.2, -0.15) is 0 Å². The lowest BCUT2D eigenvalue weighted by atomic mass is 10.1. The second-order valence-electron chi connectivity index (χ2n) is 6.51. The molecule has 3 rings (SSSR count). The maximum atomic E-state index is 12.5. The number of rotatable bonds is 6. The molecular weight excluding hydrogens is 342 g/mol. The van der Waals surface area contributed by atoms with E-state index in [1.165, 1.54) is 0 Å². The van der Waals surface area contributed by atoms with E-state index in [9.17, 15) is 4.79 Å². The van der Waals surface area contributed by atoms with E-state index >= 15 is 0 Å². The van der Waals surface area contributed by atoms with Crippen molar-refractivity contribution in [2.45, 2.75) is 13.2 Å². The fourth-order valence-electron chi connectivity index (χ4n) is 3.35. The zero-order valence-electron chi connectivity index (χ0n) is 16.0. The molecule has 0 unspecified atom stereocenters. The Hall–Kier alpha value is -2.73. The van der Waals surface area contributed by atoms with Crippen LogP contribution in [0.2, 0.25) is 0 Å². The maximum absolute atomic E-state index is 12.5. The van der Waals surface area contributed by atoms with Gasteiger partial charge < -0.3 is 24.6 Å². The molecule has 1 aliphatic heterocycles. The molecule has 1 N–H and O–H groups in total. The smallest absolute Gasteiger partial charge is 0.317 e. The van der Waals surface area contributed by atoms with Crippen molar-refractivity contribution in [2.24, 2.45) is 0 Å². The fourth-order valence-corrected chi connectivity index (χ4v) is 3.35.